The SMILES string of the molecule is CC1NCCCC1NS(=O)(=O)c1cccc([N+](=O)[O-])c1. The third kappa shape index (κ3) is 3.33. The number of nitrogens with zero attached hydrogens (tertiary/aromatic N) is 1. The van der Waals surface area contributed by atoms with Gasteiger partial charge in [-0.1, -0.05) is 6.07 Å². The molecule has 0 radical (unpaired) electrons. The van der Waals surface area contributed by atoms with Crippen LogP contribution in [0.15, 0.2) is 29.2 Å². The molecule has 1 fully saturated rings. The lowest BCUT2D eigenvalue weighted by Crippen LogP contribution is -2.51. The van der Waals surface area contributed by atoms with E-state index in [1.54, 1.807) is 0 Å². The summed E-state index contributed by atoms with van der Waals surface area (Å²) in [5, 5.41) is 13.9. The number of nitro benzene ring substituents is 1. The first-order valence-corrected chi connectivity index (χ1v) is 7.88. The fourth-order valence-corrected chi connectivity index (χ4v) is 3.63. The minimum Gasteiger partial charge on any atom is -0.313 e. The molecule has 0 aliphatic carbocycles. The van der Waals surface area contributed by atoms with Crippen molar-refractivity contribution in [1.29, 1.82) is 0 Å². The molecule has 8 heteroatoms. The van der Waals surface area contributed by atoms with Crippen LogP contribution in [0.5, 0.6) is 0 Å². The van der Waals surface area contributed by atoms with E-state index in [1.165, 1.54) is 18.2 Å². The van der Waals surface area contributed by atoms with Crippen LogP contribution in [0.3, 0.4) is 0 Å². The lowest BCUT2D eigenvalue weighted by Gasteiger charge is -2.30. The second kappa shape index (κ2) is 5.86. The minimum atomic E-state index is -3.74. The zero-order valence-corrected chi connectivity index (χ0v) is 11.9. The smallest absolute Gasteiger partial charge is 0.270 e. The van der Waals surface area contributed by atoms with Crippen molar-refractivity contribution in [1.82, 2.24) is 10.0 Å². The molecular weight excluding hydrogens is 282 g/mol. The number of non-ortho nitro benzene ring substituents is 1. The third-order valence-electron chi connectivity index (χ3n) is 3.41. The van der Waals surface area contributed by atoms with Gasteiger partial charge >= 0.3 is 0 Å². The topological polar surface area (TPSA) is 101 Å². The van der Waals surface area contributed by atoms with Gasteiger partial charge in [-0.25, -0.2) is 13.1 Å². The van der Waals surface area contributed by atoms with E-state index in [1.807, 2.05) is 6.92 Å². The zero-order valence-electron chi connectivity index (χ0n) is 11.1. The number of nitrogens with one attached hydrogen (secondary N) is 2. The average molecular weight is 299 g/mol. The molecule has 2 N–H and O–H groups in total. The van der Waals surface area contributed by atoms with Crippen molar-refractivity contribution < 1.29 is 13.3 Å². The highest BCUT2D eigenvalue weighted by Crippen LogP contribution is 2.19. The number of hydrogen-bond donors (Lipinski definition) is 2. The van der Waals surface area contributed by atoms with Gasteiger partial charge in [-0.15, -0.1) is 0 Å². The Morgan fingerprint density at radius 1 is 1.45 bits per heavy atom. The van der Waals surface area contributed by atoms with Crippen LogP contribution in [0, 0.1) is 10.1 Å². The van der Waals surface area contributed by atoms with E-state index in [4.69, 9.17) is 0 Å². The normalized spacial score (nSPS) is 23.4. The highest BCUT2D eigenvalue weighted by Gasteiger charge is 2.27. The molecule has 1 saturated heterocycles. The van der Waals surface area contributed by atoms with Crippen molar-refractivity contribution in [2.45, 2.75) is 36.7 Å². The Kier molecular flexibility index (Phi) is 4.36. The van der Waals surface area contributed by atoms with E-state index in [2.05, 4.69) is 10.0 Å². The lowest BCUT2D eigenvalue weighted by atomic mass is 10.0. The number of nitro groups is 1. The van der Waals surface area contributed by atoms with E-state index in [-0.39, 0.29) is 22.7 Å². The van der Waals surface area contributed by atoms with Gasteiger partial charge < -0.3 is 5.32 Å². The van der Waals surface area contributed by atoms with E-state index in [0.717, 1.165) is 25.5 Å². The van der Waals surface area contributed by atoms with Gasteiger partial charge in [-0.2, -0.15) is 0 Å². The summed E-state index contributed by atoms with van der Waals surface area (Å²) < 4.78 is 27.1. The molecule has 0 bridgehead atoms. The van der Waals surface area contributed by atoms with Crippen molar-refractivity contribution in [3.63, 3.8) is 0 Å². The Morgan fingerprint density at radius 2 is 2.20 bits per heavy atom. The fraction of sp³-hybridized carbons (Fsp3) is 0.500. The summed E-state index contributed by atoms with van der Waals surface area (Å²) in [6.07, 6.45) is 1.65. The van der Waals surface area contributed by atoms with Gasteiger partial charge in [0, 0.05) is 24.2 Å². The van der Waals surface area contributed by atoms with Gasteiger partial charge in [0.1, 0.15) is 0 Å². The predicted octanol–water partition coefficient (Wildman–Crippen LogP) is 1.01. The zero-order chi connectivity index (χ0) is 14.8. The van der Waals surface area contributed by atoms with Gasteiger partial charge in [0.15, 0.2) is 0 Å². The largest absolute Gasteiger partial charge is 0.313 e. The minimum absolute atomic E-state index is 0.0391. The van der Waals surface area contributed by atoms with Gasteiger partial charge in [0.2, 0.25) is 10.0 Å². The number of sulfonamides is 1. The predicted molar refractivity (Wildman–Crippen MR) is 73.9 cm³/mol. The number of benzene rings is 1. The van der Waals surface area contributed by atoms with Crippen LogP contribution < -0.4 is 10.0 Å². The van der Waals surface area contributed by atoms with E-state index in [9.17, 15) is 18.5 Å². The molecule has 1 aliphatic rings. The molecular formula is C12H17N3O4S. The Hall–Kier alpha value is -1.51. The molecule has 1 aromatic carbocycles. The second-order valence-corrected chi connectivity index (χ2v) is 6.58. The average Bonchev–Trinajstić information content (AvgIpc) is 2.41. The van der Waals surface area contributed by atoms with Crippen LogP contribution in [0.25, 0.3) is 0 Å². The maximum Gasteiger partial charge on any atom is 0.270 e. The molecule has 20 heavy (non-hydrogen) atoms. The van der Waals surface area contributed by atoms with Crippen molar-refractivity contribution in [2.75, 3.05) is 6.54 Å². The Morgan fingerprint density at radius 3 is 2.85 bits per heavy atom. The van der Waals surface area contributed by atoms with Crippen LogP contribution in [-0.2, 0) is 10.0 Å². The number of rotatable bonds is 4. The van der Waals surface area contributed by atoms with Crippen LogP contribution in [0.4, 0.5) is 5.69 Å². The van der Waals surface area contributed by atoms with Crippen molar-refractivity contribution >= 4 is 15.7 Å². The molecule has 1 aliphatic heterocycles. The summed E-state index contributed by atoms with van der Waals surface area (Å²) in [5.41, 5.74) is -0.234. The summed E-state index contributed by atoms with van der Waals surface area (Å²) in [6, 6.07) is 4.91. The molecule has 0 amide bonds. The molecule has 1 heterocycles. The summed E-state index contributed by atoms with van der Waals surface area (Å²) >= 11 is 0. The first kappa shape index (κ1) is 14.9. The van der Waals surface area contributed by atoms with E-state index < -0.39 is 14.9 Å². The number of hydrogen-bond acceptors (Lipinski definition) is 5. The molecule has 1 aromatic rings. The summed E-state index contributed by atoms with van der Waals surface area (Å²) in [7, 11) is -3.74. The molecule has 0 spiro atoms. The van der Waals surface area contributed by atoms with Gasteiger partial charge in [-0.05, 0) is 32.4 Å². The second-order valence-electron chi connectivity index (χ2n) is 4.87. The Balaban J connectivity index is 2.21. The van der Waals surface area contributed by atoms with Crippen molar-refractivity contribution in [2.24, 2.45) is 0 Å². The van der Waals surface area contributed by atoms with Gasteiger partial charge in [-0.3, -0.25) is 10.1 Å². The molecule has 0 saturated carbocycles. The third-order valence-corrected chi connectivity index (χ3v) is 4.89. The number of piperidine rings is 1. The fourth-order valence-electron chi connectivity index (χ4n) is 2.24. The summed E-state index contributed by atoms with van der Waals surface area (Å²) in [4.78, 5) is 10.0. The maximum atomic E-state index is 12.3. The van der Waals surface area contributed by atoms with Gasteiger partial charge in [0.25, 0.3) is 5.69 Å². The Bertz CT molecular complexity index is 602. The quantitative estimate of drug-likeness (QED) is 0.638. The molecule has 0 aromatic heterocycles. The van der Waals surface area contributed by atoms with E-state index >= 15 is 0 Å². The van der Waals surface area contributed by atoms with Crippen LogP contribution >= 0.6 is 0 Å². The van der Waals surface area contributed by atoms with Crippen LogP contribution in [-0.4, -0.2) is 32.0 Å². The van der Waals surface area contributed by atoms with Crippen molar-refractivity contribution in [3.8, 4) is 0 Å². The van der Waals surface area contributed by atoms with Crippen LogP contribution in [0.1, 0.15) is 19.8 Å². The first-order chi connectivity index (χ1) is 9.40. The van der Waals surface area contributed by atoms with Crippen molar-refractivity contribution in [3.05, 3.63) is 34.4 Å². The lowest BCUT2D eigenvalue weighted by molar-refractivity contribution is -0.385. The molecule has 2 rings (SSSR count). The highest BCUT2D eigenvalue weighted by atomic mass is 32.2. The van der Waals surface area contributed by atoms with E-state index in [0.29, 0.717) is 0 Å². The summed E-state index contributed by atoms with van der Waals surface area (Å²) in [6.45, 7) is 2.79. The summed E-state index contributed by atoms with van der Waals surface area (Å²) in [5.74, 6) is 0. The standard InChI is InChI=1S/C12H17N3O4S/c1-9-12(6-3-7-13-9)14-20(18,19)11-5-2-4-10(8-11)15(16)17/h2,4-5,8-9,12-14H,3,6-7H2,1H3. The molecule has 7 nitrogen and oxygen atoms in total. The van der Waals surface area contributed by atoms with Crippen LogP contribution in [0.2, 0.25) is 0 Å². The molecule has 2 unspecified atom stereocenters. The first-order valence-electron chi connectivity index (χ1n) is 6.40. The van der Waals surface area contributed by atoms with Gasteiger partial charge in [0.05, 0.1) is 9.82 Å². The molecule has 110 valence electrons. The monoisotopic (exact) mass is 299 g/mol. The maximum absolute atomic E-state index is 12.3. The highest BCUT2D eigenvalue weighted by molar-refractivity contribution is 7.89. The Labute approximate surface area is 117 Å². The molecule has 2 atom stereocenters.